The molecule has 0 aliphatic carbocycles. The third-order valence-electron chi connectivity index (χ3n) is 3.84. The van der Waals surface area contributed by atoms with Crippen molar-refractivity contribution in [2.75, 3.05) is 0 Å². The van der Waals surface area contributed by atoms with Crippen molar-refractivity contribution in [2.24, 2.45) is 0 Å². The van der Waals surface area contributed by atoms with Crippen LogP contribution in [0.15, 0.2) is 59.6 Å². The fraction of sp³-hybridized carbons (Fsp3) is 0.167. The first-order chi connectivity index (χ1) is 12.7. The molecule has 3 aromatic rings. The molecule has 142 valence electrons. The molecule has 0 bridgehead atoms. The number of alkyl halides is 3. The summed E-state index contributed by atoms with van der Waals surface area (Å²) < 4.78 is 68.1. The summed E-state index contributed by atoms with van der Waals surface area (Å²) >= 11 is 0. The summed E-state index contributed by atoms with van der Waals surface area (Å²) in [4.78, 5) is 4.31. The van der Waals surface area contributed by atoms with Gasteiger partial charge in [-0.3, -0.25) is 4.98 Å². The van der Waals surface area contributed by atoms with Crippen LogP contribution in [0.4, 0.5) is 13.2 Å². The quantitative estimate of drug-likeness (QED) is 0.710. The largest absolute Gasteiger partial charge is 0.573 e. The number of sulfonamides is 1. The van der Waals surface area contributed by atoms with E-state index in [-0.39, 0.29) is 17.2 Å². The van der Waals surface area contributed by atoms with Crippen LogP contribution in [-0.2, 0) is 16.6 Å². The highest BCUT2D eigenvalue weighted by Crippen LogP contribution is 2.25. The molecular formula is C18H15F3N2O3S. The van der Waals surface area contributed by atoms with Gasteiger partial charge in [-0.1, -0.05) is 18.2 Å². The van der Waals surface area contributed by atoms with Crippen LogP contribution in [0.5, 0.6) is 5.75 Å². The number of hydrogen-bond acceptors (Lipinski definition) is 4. The fourth-order valence-electron chi connectivity index (χ4n) is 2.59. The second-order valence-corrected chi connectivity index (χ2v) is 7.53. The summed E-state index contributed by atoms with van der Waals surface area (Å²) in [6.45, 7) is 1.76. The van der Waals surface area contributed by atoms with Crippen LogP contribution < -0.4 is 9.46 Å². The molecule has 5 nitrogen and oxygen atoms in total. The second kappa shape index (κ2) is 7.16. The van der Waals surface area contributed by atoms with E-state index in [2.05, 4.69) is 14.4 Å². The first-order valence-electron chi connectivity index (χ1n) is 7.84. The zero-order chi connectivity index (χ0) is 19.7. The molecule has 0 unspecified atom stereocenters. The molecule has 0 aliphatic rings. The Bertz CT molecular complexity index is 1070. The van der Waals surface area contributed by atoms with Crippen molar-refractivity contribution in [2.45, 2.75) is 24.7 Å². The van der Waals surface area contributed by atoms with Gasteiger partial charge >= 0.3 is 6.36 Å². The Morgan fingerprint density at radius 1 is 1.07 bits per heavy atom. The SMILES string of the molecule is Cc1ccc(S(=O)(=O)NCc2ccc(OC(F)(F)F)cc2)c2cccnc12. The molecule has 1 N–H and O–H groups in total. The van der Waals surface area contributed by atoms with Gasteiger partial charge in [0.05, 0.1) is 10.4 Å². The summed E-state index contributed by atoms with van der Waals surface area (Å²) in [7, 11) is -3.84. The maximum Gasteiger partial charge on any atom is 0.573 e. The monoisotopic (exact) mass is 396 g/mol. The number of rotatable bonds is 5. The summed E-state index contributed by atoms with van der Waals surface area (Å²) in [5, 5.41) is 0.499. The lowest BCUT2D eigenvalue weighted by Gasteiger charge is -2.12. The van der Waals surface area contributed by atoms with Crippen molar-refractivity contribution < 1.29 is 26.3 Å². The Balaban J connectivity index is 1.79. The highest BCUT2D eigenvalue weighted by molar-refractivity contribution is 7.89. The van der Waals surface area contributed by atoms with Crippen LogP contribution in [-0.4, -0.2) is 19.8 Å². The van der Waals surface area contributed by atoms with E-state index in [0.29, 0.717) is 16.5 Å². The minimum Gasteiger partial charge on any atom is -0.406 e. The van der Waals surface area contributed by atoms with Gasteiger partial charge in [0.2, 0.25) is 10.0 Å². The molecule has 2 aromatic carbocycles. The van der Waals surface area contributed by atoms with Gasteiger partial charge in [0, 0.05) is 18.1 Å². The van der Waals surface area contributed by atoms with E-state index >= 15 is 0 Å². The van der Waals surface area contributed by atoms with Gasteiger partial charge in [0.1, 0.15) is 5.75 Å². The Morgan fingerprint density at radius 3 is 2.44 bits per heavy atom. The molecule has 0 saturated heterocycles. The molecule has 0 fully saturated rings. The molecule has 0 atom stereocenters. The minimum absolute atomic E-state index is 0.0791. The Hall–Kier alpha value is -2.65. The lowest BCUT2D eigenvalue weighted by Crippen LogP contribution is -2.23. The van der Waals surface area contributed by atoms with Gasteiger partial charge in [0.15, 0.2) is 0 Å². The van der Waals surface area contributed by atoms with Gasteiger partial charge in [-0.2, -0.15) is 0 Å². The zero-order valence-corrected chi connectivity index (χ0v) is 14.9. The predicted octanol–water partition coefficient (Wildman–Crippen LogP) is 3.92. The maximum absolute atomic E-state index is 12.7. The molecule has 0 amide bonds. The highest BCUT2D eigenvalue weighted by atomic mass is 32.2. The molecule has 0 spiro atoms. The number of aryl methyl sites for hydroxylation is 1. The molecule has 27 heavy (non-hydrogen) atoms. The van der Waals surface area contributed by atoms with E-state index in [1.54, 1.807) is 24.4 Å². The number of hydrogen-bond donors (Lipinski definition) is 1. The number of nitrogens with zero attached hydrogens (tertiary/aromatic N) is 1. The first kappa shape index (κ1) is 19.1. The lowest BCUT2D eigenvalue weighted by molar-refractivity contribution is -0.274. The van der Waals surface area contributed by atoms with Crippen LogP contribution in [0, 0.1) is 6.92 Å². The van der Waals surface area contributed by atoms with Crippen LogP contribution in [0.25, 0.3) is 10.9 Å². The smallest absolute Gasteiger partial charge is 0.406 e. The van der Waals surface area contributed by atoms with E-state index in [0.717, 1.165) is 17.7 Å². The topological polar surface area (TPSA) is 68.3 Å². The van der Waals surface area contributed by atoms with Crippen molar-refractivity contribution in [3.8, 4) is 5.75 Å². The van der Waals surface area contributed by atoms with Crippen molar-refractivity contribution in [1.82, 2.24) is 9.71 Å². The van der Waals surface area contributed by atoms with Crippen molar-refractivity contribution in [3.63, 3.8) is 0 Å². The average Bonchev–Trinajstić information content (AvgIpc) is 2.60. The van der Waals surface area contributed by atoms with Crippen LogP contribution >= 0.6 is 0 Å². The molecule has 0 saturated carbocycles. The fourth-order valence-corrected chi connectivity index (χ4v) is 3.80. The summed E-state index contributed by atoms with van der Waals surface area (Å²) in [6, 6.07) is 11.5. The molecule has 9 heteroatoms. The minimum atomic E-state index is -4.77. The number of nitrogens with one attached hydrogen (secondary N) is 1. The zero-order valence-electron chi connectivity index (χ0n) is 14.1. The number of halogens is 3. The highest BCUT2D eigenvalue weighted by Gasteiger charge is 2.31. The van der Waals surface area contributed by atoms with E-state index in [1.165, 1.54) is 18.2 Å². The number of aromatic nitrogens is 1. The summed E-state index contributed by atoms with van der Waals surface area (Å²) in [5.74, 6) is -0.371. The molecular weight excluding hydrogens is 381 g/mol. The Morgan fingerprint density at radius 2 is 1.78 bits per heavy atom. The average molecular weight is 396 g/mol. The molecule has 1 aromatic heterocycles. The van der Waals surface area contributed by atoms with Crippen LogP contribution in [0.3, 0.4) is 0 Å². The van der Waals surface area contributed by atoms with Gasteiger partial charge < -0.3 is 4.74 Å². The van der Waals surface area contributed by atoms with Crippen molar-refractivity contribution in [1.29, 1.82) is 0 Å². The van der Waals surface area contributed by atoms with Crippen molar-refractivity contribution in [3.05, 3.63) is 65.9 Å². The van der Waals surface area contributed by atoms with Gasteiger partial charge in [-0.05, 0) is 48.4 Å². The molecule has 1 heterocycles. The third kappa shape index (κ3) is 4.55. The Kier molecular flexibility index (Phi) is 5.07. The normalized spacial score (nSPS) is 12.3. The first-order valence-corrected chi connectivity index (χ1v) is 9.33. The van der Waals surface area contributed by atoms with Gasteiger partial charge in [-0.25, -0.2) is 13.1 Å². The standard InChI is InChI=1S/C18H15F3N2O3S/c1-12-4-9-16(15-3-2-10-22-17(12)15)27(24,25)23-11-13-5-7-14(8-6-13)26-18(19,20)21/h2-10,23H,11H2,1H3. The second-order valence-electron chi connectivity index (χ2n) is 5.80. The number of fused-ring (bicyclic) bond motifs is 1. The number of benzene rings is 2. The maximum atomic E-state index is 12.7. The molecule has 0 radical (unpaired) electrons. The van der Waals surface area contributed by atoms with Crippen molar-refractivity contribution >= 4 is 20.9 Å². The van der Waals surface area contributed by atoms with Gasteiger partial charge in [0.25, 0.3) is 0 Å². The lowest BCUT2D eigenvalue weighted by atomic mass is 10.1. The van der Waals surface area contributed by atoms with Gasteiger partial charge in [-0.15, -0.1) is 13.2 Å². The molecule has 3 rings (SSSR count). The van der Waals surface area contributed by atoms with E-state index in [9.17, 15) is 21.6 Å². The Labute approximate surface area is 153 Å². The van der Waals surface area contributed by atoms with Crippen LogP contribution in [0.1, 0.15) is 11.1 Å². The number of pyridine rings is 1. The summed E-state index contributed by atoms with van der Waals surface area (Å²) in [5.41, 5.74) is 1.93. The third-order valence-corrected chi connectivity index (χ3v) is 5.30. The number of ether oxygens (including phenoxy) is 1. The van der Waals surface area contributed by atoms with E-state index in [1.807, 2.05) is 6.92 Å². The summed E-state index contributed by atoms with van der Waals surface area (Å²) in [6.07, 6.45) is -3.19. The molecule has 0 aliphatic heterocycles. The van der Waals surface area contributed by atoms with E-state index in [4.69, 9.17) is 0 Å². The van der Waals surface area contributed by atoms with Crippen LogP contribution in [0.2, 0.25) is 0 Å². The van der Waals surface area contributed by atoms with E-state index < -0.39 is 16.4 Å². The predicted molar refractivity (Wildman–Crippen MR) is 93.6 cm³/mol.